The molecule has 0 bridgehead atoms. The number of fused-ring (bicyclic) bond motifs is 1. The Morgan fingerprint density at radius 1 is 1.20 bits per heavy atom. The van der Waals surface area contributed by atoms with Crippen molar-refractivity contribution in [1.82, 2.24) is 4.90 Å². The van der Waals surface area contributed by atoms with Crippen molar-refractivity contribution < 1.29 is 14.3 Å². The van der Waals surface area contributed by atoms with Crippen molar-refractivity contribution >= 4 is 11.6 Å². The Kier molecular flexibility index (Phi) is 3.67. The van der Waals surface area contributed by atoms with Crippen LogP contribution in [-0.4, -0.2) is 43.2 Å². The van der Waals surface area contributed by atoms with Gasteiger partial charge >= 0.3 is 0 Å². The molecule has 0 radical (unpaired) electrons. The maximum absolute atomic E-state index is 12.2. The number of rotatable bonds is 3. The number of hydrogen-bond donors (Lipinski definition) is 1. The molecule has 0 aromatic heterocycles. The number of carbonyl (C=O) groups is 1. The molecule has 1 amide bonds. The highest BCUT2D eigenvalue weighted by Gasteiger charge is 2.23. The van der Waals surface area contributed by atoms with Gasteiger partial charge in [-0.15, -0.1) is 0 Å². The molecule has 0 saturated carbocycles. The molecule has 2 aliphatic rings. The van der Waals surface area contributed by atoms with Crippen molar-refractivity contribution in [1.29, 1.82) is 0 Å². The molecule has 1 saturated heterocycles. The number of ether oxygens (including phenoxy) is 2. The fourth-order valence-corrected chi connectivity index (χ4v) is 2.66. The SMILES string of the molecule is CC(Nc1ccc2c(c1)OCCO2)C(=O)N1CCCC1. The second kappa shape index (κ2) is 5.61. The molecule has 1 unspecified atom stereocenters. The highest BCUT2D eigenvalue weighted by molar-refractivity contribution is 5.84. The van der Waals surface area contributed by atoms with Gasteiger partial charge in [-0.25, -0.2) is 0 Å². The Labute approximate surface area is 118 Å². The summed E-state index contributed by atoms with van der Waals surface area (Å²) in [6.45, 7) is 4.82. The van der Waals surface area contributed by atoms with E-state index in [4.69, 9.17) is 9.47 Å². The average molecular weight is 276 g/mol. The van der Waals surface area contributed by atoms with Crippen LogP contribution in [0.3, 0.4) is 0 Å². The first kappa shape index (κ1) is 13.1. The fourth-order valence-electron chi connectivity index (χ4n) is 2.66. The van der Waals surface area contributed by atoms with Gasteiger partial charge in [0.25, 0.3) is 0 Å². The van der Waals surface area contributed by atoms with Gasteiger partial charge in [0.05, 0.1) is 0 Å². The third-order valence-corrected chi connectivity index (χ3v) is 3.71. The van der Waals surface area contributed by atoms with E-state index in [1.165, 1.54) is 0 Å². The Morgan fingerprint density at radius 2 is 1.90 bits per heavy atom. The molecule has 1 N–H and O–H groups in total. The van der Waals surface area contributed by atoms with E-state index in [1.807, 2.05) is 30.0 Å². The van der Waals surface area contributed by atoms with E-state index >= 15 is 0 Å². The molecule has 20 heavy (non-hydrogen) atoms. The van der Waals surface area contributed by atoms with Crippen LogP contribution in [-0.2, 0) is 4.79 Å². The highest BCUT2D eigenvalue weighted by atomic mass is 16.6. The molecule has 0 spiro atoms. The largest absolute Gasteiger partial charge is 0.486 e. The zero-order chi connectivity index (χ0) is 13.9. The fraction of sp³-hybridized carbons (Fsp3) is 0.533. The van der Waals surface area contributed by atoms with Crippen LogP contribution in [0.5, 0.6) is 11.5 Å². The Morgan fingerprint density at radius 3 is 2.65 bits per heavy atom. The summed E-state index contributed by atoms with van der Waals surface area (Å²) in [7, 11) is 0. The number of benzene rings is 1. The monoisotopic (exact) mass is 276 g/mol. The standard InChI is InChI=1S/C15H20N2O3/c1-11(15(18)17-6-2-3-7-17)16-12-4-5-13-14(10-12)20-9-8-19-13/h4-5,10-11,16H,2-3,6-9H2,1H3. The summed E-state index contributed by atoms with van der Waals surface area (Å²) in [6, 6.07) is 5.46. The van der Waals surface area contributed by atoms with Crippen molar-refractivity contribution in [3.05, 3.63) is 18.2 Å². The first-order chi connectivity index (χ1) is 9.74. The molecule has 1 fully saturated rings. The van der Waals surface area contributed by atoms with E-state index in [1.54, 1.807) is 0 Å². The summed E-state index contributed by atoms with van der Waals surface area (Å²) in [5.74, 6) is 1.67. The van der Waals surface area contributed by atoms with Crippen LogP contribution in [0.2, 0.25) is 0 Å². The van der Waals surface area contributed by atoms with Crippen molar-refractivity contribution in [3.63, 3.8) is 0 Å². The van der Waals surface area contributed by atoms with Gasteiger partial charge < -0.3 is 19.7 Å². The predicted octanol–water partition coefficient (Wildman–Crippen LogP) is 1.88. The van der Waals surface area contributed by atoms with E-state index in [9.17, 15) is 4.79 Å². The average Bonchev–Trinajstić information content (AvgIpc) is 3.00. The summed E-state index contributed by atoms with van der Waals surface area (Å²) in [5.41, 5.74) is 0.884. The molecular formula is C15H20N2O3. The first-order valence-electron chi connectivity index (χ1n) is 7.19. The van der Waals surface area contributed by atoms with E-state index in [0.29, 0.717) is 13.2 Å². The molecule has 1 atom stereocenters. The molecular weight excluding hydrogens is 256 g/mol. The van der Waals surface area contributed by atoms with Crippen LogP contribution in [0.4, 0.5) is 5.69 Å². The molecule has 0 aliphatic carbocycles. The molecule has 1 aromatic rings. The zero-order valence-electron chi connectivity index (χ0n) is 11.7. The summed E-state index contributed by atoms with van der Waals surface area (Å²) in [6.07, 6.45) is 2.23. The van der Waals surface area contributed by atoms with Crippen LogP contribution < -0.4 is 14.8 Å². The van der Waals surface area contributed by atoms with Crippen LogP contribution in [0, 0.1) is 0 Å². The smallest absolute Gasteiger partial charge is 0.244 e. The molecule has 1 aromatic carbocycles. The summed E-state index contributed by atoms with van der Waals surface area (Å²) in [5, 5.41) is 3.24. The predicted molar refractivity (Wildman–Crippen MR) is 76.3 cm³/mol. The molecule has 108 valence electrons. The summed E-state index contributed by atoms with van der Waals surface area (Å²) < 4.78 is 11.0. The van der Waals surface area contributed by atoms with Crippen molar-refractivity contribution in [3.8, 4) is 11.5 Å². The van der Waals surface area contributed by atoms with Gasteiger partial charge in [0.1, 0.15) is 19.3 Å². The summed E-state index contributed by atoms with van der Waals surface area (Å²) >= 11 is 0. The Balaban J connectivity index is 1.66. The van der Waals surface area contributed by atoms with Crippen molar-refractivity contribution in [2.24, 2.45) is 0 Å². The lowest BCUT2D eigenvalue weighted by atomic mass is 10.2. The summed E-state index contributed by atoms with van der Waals surface area (Å²) in [4.78, 5) is 14.2. The van der Waals surface area contributed by atoms with E-state index in [0.717, 1.165) is 43.1 Å². The second-order valence-corrected chi connectivity index (χ2v) is 5.26. The topological polar surface area (TPSA) is 50.8 Å². The van der Waals surface area contributed by atoms with E-state index in [-0.39, 0.29) is 11.9 Å². The van der Waals surface area contributed by atoms with E-state index < -0.39 is 0 Å². The number of likely N-dealkylation sites (tertiary alicyclic amines) is 1. The number of amides is 1. The van der Waals surface area contributed by atoms with Crippen LogP contribution >= 0.6 is 0 Å². The first-order valence-corrected chi connectivity index (χ1v) is 7.19. The van der Waals surface area contributed by atoms with E-state index in [2.05, 4.69) is 5.32 Å². The van der Waals surface area contributed by atoms with Gasteiger partial charge in [-0.1, -0.05) is 0 Å². The number of anilines is 1. The van der Waals surface area contributed by atoms with Crippen molar-refractivity contribution in [2.75, 3.05) is 31.6 Å². The van der Waals surface area contributed by atoms with Gasteiger partial charge in [-0.05, 0) is 31.9 Å². The molecule has 5 heteroatoms. The minimum atomic E-state index is -0.226. The Bertz CT molecular complexity index is 498. The molecule has 2 aliphatic heterocycles. The lowest BCUT2D eigenvalue weighted by Gasteiger charge is -2.23. The van der Waals surface area contributed by atoms with Gasteiger partial charge in [-0.2, -0.15) is 0 Å². The van der Waals surface area contributed by atoms with Gasteiger partial charge in [0.15, 0.2) is 11.5 Å². The minimum Gasteiger partial charge on any atom is -0.486 e. The minimum absolute atomic E-state index is 0.164. The maximum Gasteiger partial charge on any atom is 0.244 e. The van der Waals surface area contributed by atoms with Crippen molar-refractivity contribution in [2.45, 2.75) is 25.8 Å². The highest BCUT2D eigenvalue weighted by Crippen LogP contribution is 2.32. The Hall–Kier alpha value is -1.91. The van der Waals surface area contributed by atoms with Crippen LogP contribution in [0.1, 0.15) is 19.8 Å². The lowest BCUT2D eigenvalue weighted by Crippen LogP contribution is -2.39. The third kappa shape index (κ3) is 2.66. The number of nitrogens with zero attached hydrogens (tertiary/aromatic N) is 1. The molecule has 2 heterocycles. The van der Waals surface area contributed by atoms with Gasteiger partial charge in [-0.3, -0.25) is 4.79 Å². The molecule has 5 nitrogen and oxygen atoms in total. The van der Waals surface area contributed by atoms with Crippen LogP contribution in [0.15, 0.2) is 18.2 Å². The second-order valence-electron chi connectivity index (χ2n) is 5.26. The normalized spacial score (nSPS) is 18.8. The van der Waals surface area contributed by atoms with Gasteiger partial charge in [0.2, 0.25) is 5.91 Å². The zero-order valence-corrected chi connectivity index (χ0v) is 11.7. The lowest BCUT2D eigenvalue weighted by molar-refractivity contribution is -0.130. The maximum atomic E-state index is 12.2. The van der Waals surface area contributed by atoms with Gasteiger partial charge in [0, 0.05) is 24.8 Å². The molecule has 3 rings (SSSR count). The quantitative estimate of drug-likeness (QED) is 0.916. The number of carbonyl (C=O) groups excluding carboxylic acids is 1. The number of nitrogens with one attached hydrogen (secondary N) is 1. The van der Waals surface area contributed by atoms with Crippen LogP contribution in [0.25, 0.3) is 0 Å². The number of hydrogen-bond acceptors (Lipinski definition) is 4. The third-order valence-electron chi connectivity index (χ3n) is 3.71.